The summed E-state index contributed by atoms with van der Waals surface area (Å²) in [6.45, 7) is 7.33. The largest absolute Gasteiger partial charge is 0.370 e. The van der Waals surface area contributed by atoms with Crippen molar-refractivity contribution in [3.8, 4) is 0 Å². The number of nitrogens with one attached hydrogen (secondary N) is 1. The van der Waals surface area contributed by atoms with Crippen molar-refractivity contribution in [3.05, 3.63) is 35.4 Å². The van der Waals surface area contributed by atoms with Crippen LogP contribution in [0.3, 0.4) is 0 Å². The van der Waals surface area contributed by atoms with Gasteiger partial charge in [-0.1, -0.05) is 42.6 Å². The number of aryl methyl sites for hydroxylation is 2. The van der Waals surface area contributed by atoms with Gasteiger partial charge in [0.25, 0.3) is 0 Å². The van der Waals surface area contributed by atoms with Gasteiger partial charge in [0.05, 0.1) is 0 Å². The van der Waals surface area contributed by atoms with Crippen LogP contribution < -0.4 is 5.32 Å². The van der Waals surface area contributed by atoms with E-state index in [2.05, 4.69) is 54.3 Å². The molecule has 0 atom stereocenters. The normalized spacial score (nSPS) is 10.7. The Morgan fingerprint density at radius 1 is 1.14 bits per heavy atom. The standard InChI is InChI=1S/C16H21N3S2/c1-5-8-17-14-10-15(19-16(18-14)20-4)21-13-9-11(2)6-7-12(13)3/h6-7,9-10H,5,8H2,1-4H3,(H,17,18,19). The maximum Gasteiger partial charge on any atom is 0.190 e. The average Bonchev–Trinajstić information content (AvgIpc) is 2.48. The molecule has 21 heavy (non-hydrogen) atoms. The Morgan fingerprint density at radius 3 is 2.67 bits per heavy atom. The molecule has 0 fully saturated rings. The van der Waals surface area contributed by atoms with Gasteiger partial charge >= 0.3 is 0 Å². The Morgan fingerprint density at radius 2 is 1.95 bits per heavy atom. The average molecular weight is 319 g/mol. The highest BCUT2D eigenvalue weighted by atomic mass is 32.2. The highest BCUT2D eigenvalue weighted by Crippen LogP contribution is 2.31. The van der Waals surface area contributed by atoms with Crippen molar-refractivity contribution in [2.75, 3.05) is 18.1 Å². The first-order chi connectivity index (χ1) is 10.1. The number of aromatic nitrogens is 2. The van der Waals surface area contributed by atoms with Crippen LogP contribution in [0, 0.1) is 13.8 Å². The minimum Gasteiger partial charge on any atom is -0.370 e. The van der Waals surface area contributed by atoms with Gasteiger partial charge in [-0.2, -0.15) is 0 Å². The number of hydrogen-bond donors (Lipinski definition) is 1. The molecule has 0 radical (unpaired) electrons. The third-order valence-electron chi connectivity index (χ3n) is 2.98. The monoisotopic (exact) mass is 319 g/mol. The van der Waals surface area contributed by atoms with Gasteiger partial charge in [0, 0.05) is 17.5 Å². The molecule has 0 aliphatic heterocycles. The molecular weight excluding hydrogens is 298 g/mol. The summed E-state index contributed by atoms with van der Waals surface area (Å²) in [7, 11) is 0. The summed E-state index contributed by atoms with van der Waals surface area (Å²) in [4.78, 5) is 10.4. The first-order valence-corrected chi connectivity index (χ1v) is 9.08. The van der Waals surface area contributed by atoms with Crippen molar-refractivity contribution in [2.45, 2.75) is 42.3 Å². The van der Waals surface area contributed by atoms with Crippen molar-refractivity contribution in [3.63, 3.8) is 0 Å². The quantitative estimate of drug-likeness (QED) is 0.471. The summed E-state index contributed by atoms with van der Waals surface area (Å²) in [5.41, 5.74) is 2.55. The van der Waals surface area contributed by atoms with Gasteiger partial charge in [0.15, 0.2) is 5.16 Å². The highest BCUT2D eigenvalue weighted by Gasteiger charge is 2.07. The zero-order chi connectivity index (χ0) is 15.2. The Bertz CT molecular complexity index is 614. The van der Waals surface area contributed by atoms with Gasteiger partial charge in [-0.25, -0.2) is 9.97 Å². The van der Waals surface area contributed by atoms with Gasteiger partial charge in [0.2, 0.25) is 0 Å². The van der Waals surface area contributed by atoms with E-state index < -0.39 is 0 Å². The second-order valence-corrected chi connectivity index (χ2v) is 6.71. The van der Waals surface area contributed by atoms with Gasteiger partial charge < -0.3 is 5.32 Å². The van der Waals surface area contributed by atoms with Crippen LogP contribution in [0.5, 0.6) is 0 Å². The van der Waals surface area contributed by atoms with E-state index in [-0.39, 0.29) is 0 Å². The summed E-state index contributed by atoms with van der Waals surface area (Å²) < 4.78 is 0. The van der Waals surface area contributed by atoms with Gasteiger partial charge in [-0.3, -0.25) is 0 Å². The zero-order valence-electron chi connectivity index (χ0n) is 12.9. The molecule has 1 heterocycles. The van der Waals surface area contributed by atoms with Crippen molar-refractivity contribution in [1.82, 2.24) is 9.97 Å². The number of hydrogen-bond acceptors (Lipinski definition) is 5. The van der Waals surface area contributed by atoms with Crippen molar-refractivity contribution < 1.29 is 0 Å². The molecule has 0 aliphatic carbocycles. The molecule has 0 unspecified atom stereocenters. The molecule has 1 aromatic heterocycles. The number of thioether (sulfide) groups is 1. The molecule has 0 saturated carbocycles. The molecule has 1 aromatic carbocycles. The van der Waals surface area contributed by atoms with Gasteiger partial charge in [-0.05, 0) is 43.7 Å². The molecule has 112 valence electrons. The van der Waals surface area contributed by atoms with Crippen molar-refractivity contribution >= 4 is 29.3 Å². The van der Waals surface area contributed by atoms with Crippen LogP contribution in [0.25, 0.3) is 0 Å². The molecule has 3 nitrogen and oxygen atoms in total. The van der Waals surface area contributed by atoms with E-state index in [1.165, 1.54) is 16.0 Å². The fraction of sp³-hybridized carbons (Fsp3) is 0.375. The van der Waals surface area contributed by atoms with Crippen LogP contribution in [-0.4, -0.2) is 22.8 Å². The number of rotatable bonds is 6. The Hall–Kier alpha value is -1.20. The molecule has 0 saturated heterocycles. The molecular formula is C16H21N3S2. The van der Waals surface area contributed by atoms with Crippen LogP contribution in [0.1, 0.15) is 24.5 Å². The maximum absolute atomic E-state index is 4.60. The number of anilines is 1. The fourth-order valence-electron chi connectivity index (χ4n) is 1.82. The van der Waals surface area contributed by atoms with Crippen LogP contribution in [0.15, 0.2) is 39.3 Å². The van der Waals surface area contributed by atoms with Crippen molar-refractivity contribution in [2.24, 2.45) is 0 Å². The predicted molar refractivity (Wildman–Crippen MR) is 92.6 cm³/mol. The Labute approximate surface area is 135 Å². The molecule has 0 spiro atoms. The summed E-state index contributed by atoms with van der Waals surface area (Å²) >= 11 is 3.27. The maximum atomic E-state index is 4.60. The van der Waals surface area contributed by atoms with Gasteiger partial charge in [-0.15, -0.1) is 0 Å². The second-order valence-electron chi connectivity index (χ2n) is 4.88. The molecule has 2 aromatic rings. The predicted octanol–water partition coefficient (Wildman–Crippen LogP) is 4.79. The van der Waals surface area contributed by atoms with E-state index in [4.69, 9.17) is 0 Å². The molecule has 0 bridgehead atoms. The molecule has 2 rings (SSSR count). The topological polar surface area (TPSA) is 37.8 Å². The Kier molecular flexibility index (Phi) is 5.94. The lowest BCUT2D eigenvalue weighted by molar-refractivity contribution is 0.878. The zero-order valence-corrected chi connectivity index (χ0v) is 14.6. The minimum absolute atomic E-state index is 0.809. The van der Waals surface area contributed by atoms with Crippen LogP contribution in [-0.2, 0) is 0 Å². The Balaban J connectivity index is 2.27. The smallest absolute Gasteiger partial charge is 0.190 e. The molecule has 1 N–H and O–H groups in total. The van der Waals surface area contributed by atoms with Gasteiger partial charge in [0.1, 0.15) is 10.8 Å². The summed E-state index contributed by atoms with van der Waals surface area (Å²) in [5, 5.41) is 5.14. The van der Waals surface area contributed by atoms with E-state index in [1.54, 1.807) is 23.5 Å². The van der Waals surface area contributed by atoms with Crippen molar-refractivity contribution in [1.29, 1.82) is 0 Å². The number of benzene rings is 1. The third kappa shape index (κ3) is 4.64. The van der Waals surface area contributed by atoms with E-state index in [1.807, 2.05) is 12.3 Å². The molecule has 0 amide bonds. The molecule has 5 heteroatoms. The van der Waals surface area contributed by atoms with E-state index in [0.717, 1.165) is 29.0 Å². The van der Waals surface area contributed by atoms with E-state index in [0.29, 0.717) is 0 Å². The lowest BCUT2D eigenvalue weighted by atomic mass is 10.2. The number of nitrogens with zero attached hydrogens (tertiary/aromatic N) is 2. The SMILES string of the molecule is CCCNc1cc(Sc2cc(C)ccc2C)nc(SC)n1. The second kappa shape index (κ2) is 7.71. The van der Waals surface area contributed by atoms with E-state index in [9.17, 15) is 0 Å². The van der Waals surface area contributed by atoms with Crippen LogP contribution >= 0.6 is 23.5 Å². The van der Waals surface area contributed by atoms with Crippen LogP contribution in [0.2, 0.25) is 0 Å². The third-order valence-corrected chi connectivity index (χ3v) is 4.60. The van der Waals surface area contributed by atoms with Crippen LogP contribution in [0.4, 0.5) is 5.82 Å². The first-order valence-electron chi connectivity index (χ1n) is 7.04. The minimum atomic E-state index is 0.809. The fourth-order valence-corrected chi connectivity index (χ4v) is 3.26. The lowest BCUT2D eigenvalue weighted by Crippen LogP contribution is -2.03. The summed E-state index contributed by atoms with van der Waals surface area (Å²) in [6.07, 6.45) is 3.09. The summed E-state index contributed by atoms with van der Waals surface area (Å²) in [5.74, 6) is 0.906. The highest BCUT2D eigenvalue weighted by molar-refractivity contribution is 7.99. The van der Waals surface area contributed by atoms with E-state index >= 15 is 0 Å². The first kappa shape index (κ1) is 16.2. The lowest BCUT2D eigenvalue weighted by Gasteiger charge is -2.10. The summed E-state index contributed by atoms with van der Waals surface area (Å²) in [6, 6.07) is 8.54. The molecule has 0 aliphatic rings.